The van der Waals surface area contributed by atoms with Gasteiger partial charge < -0.3 is 9.30 Å². The zero-order valence-electron chi connectivity index (χ0n) is 11.3. The van der Waals surface area contributed by atoms with Crippen LogP contribution in [0.4, 0.5) is 0 Å². The second kappa shape index (κ2) is 6.07. The summed E-state index contributed by atoms with van der Waals surface area (Å²) < 4.78 is 7.55. The lowest BCUT2D eigenvalue weighted by atomic mass is 10.2. The van der Waals surface area contributed by atoms with E-state index in [-0.39, 0.29) is 0 Å². The van der Waals surface area contributed by atoms with Gasteiger partial charge in [-0.2, -0.15) is 0 Å². The molecule has 0 aliphatic heterocycles. The number of halogens is 1. The lowest BCUT2D eigenvalue weighted by Crippen LogP contribution is -2.40. The third kappa shape index (κ3) is 2.84. The van der Waals surface area contributed by atoms with Crippen molar-refractivity contribution >= 4 is 11.6 Å². The van der Waals surface area contributed by atoms with E-state index in [0.29, 0.717) is 23.9 Å². The van der Waals surface area contributed by atoms with E-state index >= 15 is 0 Å². The van der Waals surface area contributed by atoms with Gasteiger partial charge in [0, 0.05) is 36.8 Å². The molecule has 1 aromatic carbocycles. The fourth-order valence-electron chi connectivity index (χ4n) is 1.86. The van der Waals surface area contributed by atoms with E-state index in [1.54, 1.807) is 37.7 Å². The topological polar surface area (TPSA) is 53.2 Å². The first-order chi connectivity index (χ1) is 9.54. The van der Waals surface area contributed by atoms with Gasteiger partial charge in [0.25, 0.3) is 0 Å². The number of nitrogens with zero attached hydrogens (tertiary/aromatic N) is 2. The van der Waals surface area contributed by atoms with Gasteiger partial charge in [-0.3, -0.25) is 14.2 Å². The molecule has 0 aliphatic rings. The number of rotatable bonds is 4. The maximum Gasteiger partial charge on any atom is 0.320 e. The number of aryl methyl sites for hydroxylation is 1. The lowest BCUT2D eigenvalue weighted by molar-refractivity contribution is 0.186. The molecular formula is C14H15ClN2O3. The second-order valence-corrected chi connectivity index (χ2v) is 4.81. The highest BCUT2D eigenvalue weighted by Gasteiger charge is 2.07. The van der Waals surface area contributed by atoms with Crippen molar-refractivity contribution < 1.29 is 4.74 Å². The van der Waals surface area contributed by atoms with Gasteiger partial charge in [-0.15, -0.1) is 0 Å². The zero-order valence-corrected chi connectivity index (χ0v) is 12.1. The minimum atomic E-state index is -0.592. The van der Waals surface area contributed by atoms with Gasteiger partial charge in [0.05, 0.1) is 6.61 Å². The summed E-state index contributed by atoms with van der Waals surface area (Å²) in [5.74, 6) is 0. The van der Waals surface area contributed by atoms with Crippen molar-refractivity contribution in [3.63, 3.8) is 0 Å². The molecule has 106 valence electrons. The lowest BCUT2D eigenvalue weighted by Gasteiger charge is -2.09. The van der Waals surface area contributed by atoms with E-state index in [1.807, 2.05) is 6.92 Å². The van der Waals surface area contributed by atoms with E-state index in [4.69, 9.17) is 16.3 Å². The largest absolute Gasteiger partial charge is 0.383 e. The van der Waals surface area contributed by atoms with Crippen LogP contribution >= 0.6 is 11.6 Å². The van der Waals surface area contributed by atoms with Crippen LogP contribution < -0.4 is 11.1 Å². The molecule has 0 aliphatic carbocycles. The summed E-state index contributed by atoms with van der Waals surface area (Å²) in [6.07, 6.45) is 3.15. The van der Waals surface area contributed by atoms with Crippen LogP contribution in [0, 0.1) is 6.92 Å². The van der Waals surface area contributed by atoms with Crippen molar-refractivity contribution in [2.24, 2.45) is 0 Å². The molecule has 0 atom stereocenters. The molecule has 0 fully saturated rings. The van der Waals surface area contributed by atoms with Crippen molar-refractivity contribution in [1.82, 2.24) is 9.13 Å². The van der Waals surface area contributed by atoms with Crippen molar-refractivity contribution in [3.05, 3.63) is 61.9 Å². The third-order valence-electron chi connectivity index (χ3n) is 3.01. The number of hydrogen-bond donors (Lipinski definition) is 0. The van der Waals surface area contributed by atoms with Gasteiger partial charge in [-0.1, -0.05) is 11.6 Å². The maximum atomic E-state index is 12.1. The average molecular weight is 295 g/mol. The first-order valence-corrected chi connectivity index (χ1v) is 6.50. The van der Waals surface area contributed by atoms with Crippen molar-refractivity contribution in [1.29, 1.82) is 0 Å². The highest BCUT2D eigenvalue weighted by molar-refractivity contribution is 6.31. The number of ether oxygens (including phenoxy) is 1. The molecule has 2 aromatic rings. The van der Waals surface area contributed by atoms with Crippen LogP contribution in [0.3, 0.4) is 0 Å². The fourth-order valence-corrected chi connectivity index (χ4v) is 1.97. The SMILES string of the molecule is COCCn1ccn(-c2ccc(Cl)c(C)c2)c(=O)c1=O. The summed E-state index contributed by atoms with van der Waals surface area (Å²) in [6, 6.07) is 5.17. The van der Waals surface area contributed by atoms with Crippen LogP contribution in [-0.4, -0.2) is 22.9 Å². The van der Waals surface area contributed by atoms with E-state index in [2.05, 4.69) is 0 Å². The van der Waals surface area contributed by atoms with E-state index in [1.165, 1.54) is 9.13 Å². The molecule has 0 saturated carbocycles. The van der Waals surface area contributed by atoms with Gasteiger partial charge >= 0.3 is 11.1 Å². The zero-order chi connectivity index (χ0) is 14.7. The van der Waals surface area contributed by atoms with Crippen LogP contribution in [0.1, 0.15) is 5.56 Å². The monoisotopic (exact) mass is 294 g/mol. The van der Waals surface area contributed by atoms with Gasteiger partial charge in [-0.05, 0) is 30.7 Å². The Morgan fingerprint density at radius 2 is 1.95 bits per heavy atom. The highest BCUT2D eigenvalue weighted by Crippen LogP contribution is 2.17. The average Bonchev–Trinajstić information content (AvgIpc) is 2.44. The van der Waals surface area contributed by atoms with Crippen LogP contribution in [-0.2, 0) is 11.3 Å². The van der Waals surface area contributed by atoms with E-state index < -0.39 is 11.1 Å². The van der Waals surface area contributed by atoms with Gasteiger partial charge in [0.15, 0.2) is 0 Å². The smallest absolute Gasteiger partial charge is 0.320 e. The predicted octanol–water partition coefficient (Wildman–Crippen LogP) is 1.61. The van der Waals surface area contributed by atoms with Gasteiger partial charge in [0.2, 0.25) is 0 Å². The molecule has 1 heterocycles. The Labute approximate surface area is 121 Å². The van der Waals surface area contributed by atoms with Crippen LogP contribution in [0.25, 0.3) is 5.69 Å². The van der Waals surface area contributed by atoms with E-state index in [0.717, 1.165) is 5.56 Å². The summed E-state index contributed by atoms with van der Waals surface area (Å²) in [6.45, 7) is 2.57. The first kappa shape index (κ1) is 14.6. The Morgan fingerprint density at radius 3 is 2.60 bits per heavy atom. The minimum Gasteiger partial charge on any atom is -0.383 e. The molecule has 0 spiro atoms. The Hall–Kier alpha value is -1.85. The second-order valence-electron chi connectivity index (χ2n) is 4.40. The third-order valence-corrected chi connectivity index (χ3v) is 3.44. The molecular weight excluding hydrogens is 280 g/mol. The minimum absolute atomic E-state index is 0.352. The molecule has 1 aromatic heterocycles. The van der Waals surface area contributed by atoms with Crippen LogP contribution in [0.15, 0.2) is 40.2 Å². The Balaban J connectivity index is 2.48. The number of hydrogen-bond acceptors (Lipinski definition) is 3. The summed E-state index contributed by atoms with van der Waals surface area (Å²) >= 11 is 5.95. The van der Waals surface area contributed by atoms with E-state index in [9.17, 15) is 9.59 Å². The molecule has 6 heteroatoms. The normalized spacial score (nSPS) is 10.8. The quantitative estimate of drug-likeness (QED) is 0.805. The maximum absolute atomic E-state index is 12.1. The first-order valence-electron chi connectivity index (χ1n) is 6.12. The summed E-state index contributed by atoms with van der Waals surface area (Å²) in [7, 11) is 1.54. The number of benzene rings is 1. The highest BCUT2D eigenvalue weighted by atomic mass is 35.5. The standard InChI is InChI=1S/C14H15ClN2O3/c1-10-9-11(3-4-12(10)15)17-6-5-16(7-8-20-2)13(18)14(17)19/h3-6,9H,7-8H2,1-2H3. The summed E-state index contributed by atoms with van der Waals surface area (Å²) in [4.78, 5) is 24.1. The van der Waals surface area contributed by atoms with Gasteiger partial charge in [0.1, 0.15) is 0 Å². The van der Waals surface area contributed by atoms with Crippen molar-refractivity contribution in [2.45, 2.75) is 13.5 Å². The van der Waals surface area contributed by atoms with Crippen molar-refractivity contribution in [2.75, 3.05) is 13.7 Å². The van der Waals surface area contributed by atoms with Crippen molar-refractivity contribution in [3.8, 4) is 5.69 Å². The van der Waals surface area contributed by atoms with Gasteiger partial charge in [-0.25, -0.2) is 0 Å². The summed E-state index contributed by atoms with van der Waals surface area (Å²) in [5.41, 5.74) is 0.301. The van der Waals surface area contributed by atoms with Crippen LogP contribution in [0.5, 0.6) is 0 Å². The van der Waals surface area contributed by atoms with Crippen LogP contribution in [0.2, 0.25) is 5.02 Å². The summed E-state index contributed by atoms with van der Waals surface area (Å²) in [5, 5.41) is 0.621. The number of methoxy groups -OCH3 is 1. The number of aromatic nitrogens is 2. The molecule has 0 amide bonds. The Kier molecular flexibility index (Phi) is 4.42. The Morgan fingerprint density at radius 1 is 1.20 bits per heavy atom. The molecule has 2 rings (SSSR count). The molecule has 5 nitrogen and oxygen atoms in total. The molecule has 0 unspecified atom stereocenters. The molecule has 20 heavy (non-hydrogen) atoms. The predicted molar refractivity (Wildman–Crippen MR) is 77.9 cm³/mol. The Bertz CT molecular complexity index is 734. The molecule has 0 radical (unpaired) electrons. The molecule has 0 N–H and O–H groups in total. The molecule has 0 bridgehead atoms. The molecule has 0 saturated heterocycles. The fraction of sp³-hybridized carbons (Fsp3) is 0.286.